The van der Waals surface area contributed by atoms with Crippen LogP contribution in [0.4, 0.5) is 18.0 Å². The van der Waals surface area contributed by atoms with Crippen LogP contribution in [0.1, 0.15) is 49.8 Å². The van der Waals surface area contributed by atoms with Crippen molar-refractivity contribution in [3.05, 3.63) is 65.2 Å². The summed E-state index contributed by atoms with van der Waals surface area (Å²) in [6.07, 6.45) is 2.93. The molecule has 0 heterocycles. The number of rotatable bonds is 7. The molecule has 0 radical (unpaired) electrons. The molecule has 1 aliphatic rings. The SMILES string of the molecule is CC(C)(CC1CCCc2ccc(OS(=O)(=O)C(F)(F)F)cc2C1)OC(=O)NCc1ccccc1. The number of alkyl halides is 3. The zero-order chi connectivity index (χ0) is 25.0. The molecule has 6 nitrogen and oxygen atoms in total. The summed E-state index contributed by atoms with van der Waals surface area (Å²) < 4.78 is 70.6. The number of carbonyl (C=O) groups excluding carboxylic acids is 1. The van der Waals surface area contributed by atoms with Crippen LogP contribution in [0.3, 0.4) is 0 Å². The number of halogens is 3. The summed E-state index contributed by atoms with van der Waals surface area (Å²) in [5.74, 6) is -0.278. The normalized spacial score (nSPS) is 16.8. The third-order valence-electron chi connectivity index (χ3n) is 5.66. The second-order valence-corrected chi connectivity index (χ2v) is 10.6. The van der Waals surface area contributed by atoms with Crippen LogP contribution in [0.2, 0.25) is 0 Å². The molecular formula is C24H28F3NO5S. The molecule has 2 aromatic carbocycles. The van der Waals surface area contributed by atoms with Gasteiger partial charge in [0.2, 0.25) is 0 Å². The third-order valence-corrected chi connectivity index (χ3v) is 6.64. The molecule has 34 heavy (non-hydrogen) atoms. The zero-order valence-electron chi connectivity index (χ0n) is 19.0. The number of aryl methyl sites for hydroxylation is 1. The second-order valence-electron chi connectivity index (χ2n) is 9.07. The van der Waals surface area contributed by atoms with Crippen molar-refractivity contribution < 1.29 is 35.3 Å². The van der Waals surface area contributed by atoms with E-state index < -0.39 is 27.3 Å². The van der Waals surface area contributed by atoms with Crippen molar-refractivity contribution in [2.75, 3.05) is 0 Å². The van der Waals surface area contributed by atoms with Crippen LogP contribution in [0.15, 0.2) is 48.5 Å². The van der Waals surface area contributed by atoms with E-state index in [1.165, 1.54) is 12.1 Å². The largest absolute Gasteiger partial charge is 0.534 e. The fourth-order valence-electron chi connectivity index (χ4n) is 4.22. The Balaban J connectivity index is 1.62. The smallest absolute Gasteiger partial charge is 0.444 e. The molecule has 1 atom stereocenters. The molecule has 10 heteroatoms. The highest BCUT2D eigenvalue weighted by Crippen LogP contribution is 2.34. The summed E-state index contributed by atoms with van der Waals surface area (Å²) >= 11 is 0. The van der Waals surface area contributed by atoms with Gasteiger partial charge in [-0.2, -0.15) is 21.6 Å². The van der Waals surface area contributed by atoms with E-state index in [0.717, 1.165) is 36.0 Å². The van der Waals surface area contributed by atoms with Gasteiger partial charge in [-0.05, 0) is 80.7 Å². The Morgan fingerprint density at radius 3 is 2.47 bits per heavy atom. The molecular weight excluding hydrogens is 471 g/mol. The minimum Gasteiger partial charge on any atom is -0.444 e. The average Bonchev–Trinajstić information content (AvgIpc) is 2.92. The molecule has 0 saturated carbocycles. The summed E-state index contributed by atoms with van der Waals surface area (Å²) in [4.78, 5) is 12.3. The van der Waals surface area contributed by atoms with Crippen molar-refractivity contribution >= 4 is 16.2 Å². The summed E-state index contributed by atoms with van der Waals surface area (Å²) in [6.45, 7) is 3.98. The van der Waals surface area contributed by atoms with Crippen molar-refractivity contribution in [1.82, 2.24) is 5.32 Å². The van der Waals surface area contributed by atoms with Crippen LogP contribution in [0.5, 0.6) is 5.75 Å². The molecule has 1 N–H and O–H groups in total. The van der Waals surface area contributed by atoms with Gasteiger partial charge >= 0.3 is 21.7 Å². The summed E-state index contributed by atoms with van der Waals surface area (Å²) in [5.41, 5.74) is -3.64. The van der Waals surface area contributed by atoms with E-state index in [9.17, 15) is 26.4 Å². The standard InChI is InChI=1S/C24H28F3NO5S/c1-23(2,32-22(29)28-16-17-7-4-3-5-8-17)15-18-9-6-10-19-11-12-21(14-20(19)13-18)33-34(30,31)24(25,26)27/h3-5,7-8,11-12,14,18H,6,9-10,13,15-16H2,1-2H3,(H,28,29). The first-order valence-electron chi connectivity index (χ1n) is 11.0. The van der Waals surface area contributed by atoms with Gasteiger partial charge in [-0.3, -0.25) is 0 Å². The molecule has 2 aromatic rings. The highest BCUT2D eigenvalue weighted by Gasteiger charge is 2.48. The summed E-state index contributed by atoms with van der Waals surface area (Å²) in [5, 5.41) is 2.74. The molecule has 0 fully saturated rings. The number of carbonyl (C=O) groups is 1. The van der Waals surface area contributed by atoms with E-state index in [2.05, 4.69) is 9.50 Å². The number of alkyl carbamates (subject to hydrolysis) is 1. The van der Waals surface area contributed by atoms with Crippen LogP contribution >= 0.6 is 0 Å². The predicted molar refractivity (Wildman–Crippen MR) is 121 cm³/mol. The highest BCUT2D eigenvalue weighted by molar-refractivity contribution is 7.88. The van der Waals surface area contributed by atoms with Gasteiger partial charge in [0.15, 0.2) is 0 Å². The molecule has 0 bridgehead atoms. The molecule has 1 aliphatic carbocycles. The van der Waals surface area contributed by atoms with Crippen molar-refractivity contribution in [2.45, 2.75) is 63.6 Å². The molecule has 186 valence electrons. The molecule has 1 unspecified atom stereocenters. The lowest BCUT2D eigenvalue weighted by Crippen LogP contribution is -2.36. The maximum atomic E-state index is 12.7. The monoisotopic (exact) mass is 499 g/mol. The number of hydrogen-bond donors (Lipinski definition) is 1. The highest BCUT2D eigenvalue weighted by atomic mass is 32.2. The molecule has 0 aromatic heterocycles. The van der Waals surface area contributed by atoms with Gasteiger partial charge in [-0.25, -0.2) is 4.79 Å². The van der Waals surface area contributed by atoms with Crippen LogP contribution in [-0.2, 0) is 34.2 Å². The van der Waals surface area contributed by atoms with E-state index >= 15 is 0 Å². The maximum Gasteiger partial charge on any atom is 0.534 e. The lowest BCUT2D eigenvalue weighted by molar-refractivity contribution is -0.0500. The van der Waals surface area contributed by atoms with Gasteiger partial charge in [-0.15, -0.1) is 0 Å². The lowest BCUT2D eigenvalue weighted by Gasteiger charge is -2.29. The van der Waals surface area contributed by atoms with Crippen LogP contribution in [0.25, 0.3) is 0 Å². The Hall–Kier alpha value is -2.75. The van der Waals surface area contributed by atoms with Gasteiger partial charge in [0, 0.05) is 6.54 Å². The van der Waals surface area contributed by atoms with Crippen LogP contribution in [0, 0.1) is 5.92 Å². The first kappa shape index (κ1) is 25.9. The number of ether oxygens (including phenoxy) is 1. The minimum atomic E-state index is -5.73. The Morgan fingerprint density at radius 1 is 1.09 bits per heavy atom. The van der Waals surface area contributed by atoms with Gasteiger partial charge in [-0.1, -0.05) is 36.4 Å². The third kappa shape index (κ3) is 7.12. The van der Waals surface area contributed by atoms with Crippen LogP contribution in [-0.4, -0.2) is 25.6 Å². The number of hydrogen-bond acceptors (Lipinski definition) is 5. The Bertz CT molecular complexity index is 1100. The van der Waals surface area contributed by atoms with Gasteiger partial charge in [0.05, 0.1) is 0 Å². The Kier molecular flexibility index (Phi) is 7.80. The Labute approximate surface area is 197 Å². The molecule has 1 amide bonds. The number of amides is 1. The topological polar surface area (TPSA) is 81.7 Å². The van der Waals surface area contributed by atoms with E-state index in [1.807, 2.05) is 44.2 Å². The van der Waals surface area contributed by atoms with Crippen LogP contribution < -0.4 is 9.50 Å². The lowest BCUT2D eigenvalue weighted by atomic mass is 9.86. The first-order chi connectivity index (χ1) is 15.8. The van der Waals surface area contributed by atoms with Crippen molar-refractivity contribution in [3.63, 3.8) is 0 Å². The maximum absolute atomic E-state index is 12.7. The molecule has 3 rings (SSSR count). The second kappa shape index (κ2) is 10.2. The van der Waals surface area contributed by atoms with Crippen molar-refractivity contribution in [3.8, 4) is 5.75 Å². The first-order valence-corrected chi connectivity index (χ1v) is 12.4. The van der Waals surface area contributed by atoms with Gasteiger partial charge < -0.3 is 14.2 Å². The van der Waals surface area contributed by atoms with Gasteiger partial charge in [0.1, 0.15) is 11.4 Å². The van der Waals surface area contributed by atoms with E-state index in [0.29, 0.717) is 19.4 Å². The molecule has 0 aliphatic heterocycles. The number of nitrogens with one attached hydrogen (secondary N) is 1. The van der Waals surface area contributed by atoms with E-state index in [1.54, 1.807) is 6.07 Å². The quantitative estimate of drug-likeness (QED) is 0.309. The fourth-order valence-corrected chi connectivity index (χ4v) is 4.68. The fraction of sp³-hybridized carbons (Fsp3) is 0.458. The average molecular weight is 500 g/mol. The molecule has 0 spiro atoms. The molecule has 0 saturated heterocycles. The van der Waals surface area contributed by atoms with Gasteiger partial charge in [0.25, 0.3) is 0 Å². The summed E-state index contributed by atoms with van der Waals surface area (Å²) in [7, 11) is -5.73. The number of fused-ring (bicyclic) bond motifs is 1. The minimum absolute atomic E-state index is 0.0904. The summed E-state index contributed by atoms with van der Waals surface area (Å²) in [6, 6.07) is 13.6. The van der Waals surface area contributed by atoms with E-state index in [-0.39, 0.29) is 11.7 Å². The van der Waals surface area contributed by atoms with Crippen molar-refractivity contribution in [2.24, 2.45) is 5.92 Å². The van der Waals surface area contributed by atoms with E-state index in [4.69, 9.17) is 4.74 Å². The number of benzene rings is 2. The Morgan fingerprint density at radius 2 is 1.79 bits per heavy atom. The predicted octanol–water partition coefficient (Wildman–Crippen LogP) is 5.51. The van der Waals surface area contributed by atoms with Crippen molar-refractivity contribution in [1.29, 1.82) is 0 Å². The zero-order valence-corrected chi connectivity index (χ0v) is 19.8.